The Morgan fingerprint density at radius 3 is 2.70 bits per heavy atom. The smallest absolute Gasteiger partial charge is 0.138 e. The molecule has 0 bridgehead atoms. The van der Waals surface area contributed by atoms with Gasteiger partial charge in [0.15, 0.2) is 0 Å². The molecule has 3 rings (SSSR count). The Balaban J connectivity index is 1.69. The first kappa shape index (κ1) is 12.9. The summed E-state index contributed by atoms with van der Waals surface area (Å²) in [6, 6.07) is 5.50. The number of nitrogens with one attached hydrogen (secondary N) is 1. The summed E-state index contributed by atoms with van der Waals surface area (Å²) in [5, 5.41) is 6.08. The highest BCUT2D eigenvalue weighted by atomic mass is 32.1. The highest BCUT2D eigenvalue weighted by Gasteiger charge is 2.05. The van der Waals surface area contributed by atoms with Gasteiger partial charge >= 0.3 is 0 Å². The van der Waals surface area contributed by atoms with Gasteiger partial charge in [-0.05, 0) is 35.6 Å². The Morgan fingerprint density at radius 2 is 1.90 bits per heavy atom. The van der Waals surface area contributed by atoms with Crippen molar-refractivity contribution in [3.63, 3.8) is 0 Å². The molecular formula is C14H11F2N3S. The summed E-state index contributed by atoms with van der Waals surface area (Å²) in [6.07, 6.45) is 2.02. The molecule has 2 aromatic heterocycles. The zero-order valence-electron chi connectivity index (χ0n) is 10.4. The van der Waals surface area contributed by atoms with Crippen LogP contribution < -0.4 is 5.32 Å². The van der Waals surface area contributed by atoms with E-state index >= 15 is 0 Å². The first-order chi connectivity index (χ1) is 9.72. The van der Waals surface area contributed by atoms with Gasteiger partial charge in [-0.3, -0.25) is 0 Å². The largest absolute Gasteiger partial charge is 0.369 e. The lowest BCUT2D eigenvalue weighted by Crippen LogP contribution is -2.07. The molecule has 0 aliphatic carbocycles. The maximum atomic E-state index is 13.1. The van der Waals surface area contributed by atoms with Gasteiger partial charge in [-0.1, -0.05) is 0 Å². The normalized spacial score (nSPS) is 10.9. The van der Waals surface area contributed by atoms with Crippen LogP contribution in [-0.4, -0.2) is 16.5 Å². The minimum atomic E-state index is -0.553. The molecule has 3 aromatic rings. The van der Waals surface area contributed by atoms with Crippen molar-refractivity contribution in [3.05, 3.63) is 53.2 Å². The molecule has 1 aromatic carbocycles. The lowest BCUT2D eigenvalue weighted by atomic mass is 10.1. The van der Waals surface area contributed by atoms with E-state index in [4.69, 9.17) is 0 Å². The molecule has 0 spiro atoms. The van der Waals surface area contributed by atoms with Gasteiger partial charge in [-0.15, -0.1) is 11.3 Å². The highest BCUT2D eigenvalue weighted by Crippen LogP contribution is 2.23. The SMILES string of the molecule is Fc1cc(F)cc(CCNc2ncnc3sccc23)c1. The Labute approximate surface area is 118 Å². The zero-order valence-corrected chi connectivity index (χ0v) is 11.3. The van der Waals surface area contributed by atoms with Crippen LogP contribution in [0.2, 0.25) is 0 Å². The average molecular weight is 291 g/mol. The second-order valence-corrected chi connectivity index (χ2v) is 5.21. The molecule has 20 heavy (non-hydrogen) atoms. The van der Waals surface area contributed by atoms with E-state index in [1.165, 1.54) is 18.5 Å². The summed E-state index contributed by atoms with van der Waals surface area (Å²) in [5.41, 5.74) is 0.616. The van der Waals surface area contributed by atoms with Crippen molar-refractivity contribution in [3.8, 4) is 0 Å². The number of nitrogens with zero attached hydrogens (tertiary/aromatic N) is 2. The van der Waals surface area contributed by atoms with Gasteiger partial charge < -0.3 is 5.32 Å². The lowest BCUT2D eigenvalue weighted by Gasteiger charge is -2.06. The second-order valence-electron chi connectivity index (χ2n) is 4.32. The molecule has 0 amide bonds. The summed E-state index contributed by atoms with van der Waals surface area (Å²) in [5.74, 6) is -0.363. The number of thiophene rings is 1. The summed E-state index contributed by atoms with van der Waals surface area (Å²) in [7, 11) is 0. The van der Waals surface area contributed by atoms with Gasteiger partial charge in [0, 0.05) is 12.6 Å². The third-order valence-corrected chi connectivity index (χ3v) is 3.71. The van der Waals surface area contributed by atoms with Crippen LogP contribution in [0.4, 0.5) is 14.6 Å². The van der Waals surface area contributed by atoms with E-state index in [1.807, 2.05) is 11.4 Å². The van der Waals surface area contributed by atoms with Crippen molar-refractivity contribution in [2.24, 2.45) is 0 Å². The summed E-state index contributed by atoms with van der Waals surface area (Å²) >= 11 is 1.54. The van der Waals surface area contributed by atoms with Crippen LogP contribution in [0.3, 0.4) is 0 Å². The molecule has 0 aliphatic heterocycles. The molecule has 0 atom stereocenters. The minimum absolute atomic E-state index is 0.518. The molecule has 2 heterocycles. The third kappa shape index (κ3) is 2.75. The van der Waals surface area contributed by atoms with Crippen LogP contribution in [0.1, 0.15) is 5.56 Å². The highest BCUT2D eigenvalue weighted by molar-refractivity contribution is 7.16. The average Bonchev–Trinajstić information content (AvgIpc) is 2.86. The first-order valence-electron chi connectivity index (χ1n) is 6.09. The van der Waals surface area contributed by atoms with Crippen molar-refractivity contribution < 1.29 is 8.78 Å². The second kappa shape index (κ2) is 5.50. The van der Waals surface area contributed by atoms with E-state index in [-0.39, 0.29) is 0 Å². The number of halogens is 2. The molecule has 0 aliphatic rings. The van der Waals surface area contributed by atoms with Gasteiger partial charge in [0.1, 0.15) is 28.6 Å². The molecule has 0 fully saturated rings. The van der Waals surface area contributed by atoms with Gasteiger partial charge in [-0.2, -0.15) is 0 Å². The van der Waals surface area contributed by atoms with Gasteiger partial charge in [0.25, 0.3) is 0 Å². The van der Waals surface area contributed by atoms with Crippen LogP contribution in [0.5, 0.6) is 0 Å². The number of hydrogen-bond donors (Lipinski definition) is 1. The molecule has 0 radical (unpaired) electrons. The zero-order chi connectivity index (χ0) is 13.9. The van der Waals surface area contributed by atoms with Crippen molar-refractivity contribution in [1.29, 1.82) is 0 Å². The van der Waals surface area contributed by atoms with E-state index in [9.17, 15) is 8.78 Å². The Kier molecular flexibility index (Phi) is 3.56. The van der Waals surface area contributed by atoms with Crippen molar-refractivity contribution in [1.82, 2.24) is 9.97 Å². The standard InChI is InChI=1S/C14H11F2N3S/c15-10-5-9(6-11(16)7-10)1-3-17-13-12-2-4-20-14(12)19-8-18-13/h2,4-8H,1,3H2,(H,17,18,19). The van der Waals surface area contributed by atoms with Crippen molar-refractivity contribution >= 4 is 27.4 Å². The minimum Gasteiger partial charge on any atom is -0.369 e. The molecule has 102 valence electrons. The van der Waals surface area contributed by atoms with E-state index in [1.54, 1.807) is 11.3 Å². The first-order valence-corrected chi connectivity index (χ1v) is 6.97. The molecule has 0 saturated carbocycles. The van der Waals surface area contributed by atoms with E-state index in [0.29, 0.717) is 18.5 Å². The maximum absolute atomic E-state index is 13.1. The van der Waals surface area contributed by atoms with Crippen molar-refractivity contribution in [2.45, 2.75) is 6.42 Å². The molecule has 1 N–H and O–H groups in total. The summed E-state index contributed by atoms with van der Waals surface area (Å²) < 4.78 is 26.1. The Bertz CT molecular complexity index is 722. The fraction of sp³-hybridized carbons (Fsp3) is 0.143. The summed E-state index contributed by atoms with van der Waals surface area (Å²) in [6.45, 7) is 0.546. The third-order valence-electron chi connectivity index (χ3n) is 2.89. The fourth-order valence-corrected chi connectivity index (χ4v) is 2.74. The number of rotatable bonds is 4. The molecule has 6 heteroatoms. The van der Waals surface area contributed by atoms with E-state index in [2.05, 4.69) is 15.3 Å². The Hall–Kier alpha value is -2.08. The number of hydrogen-bond acceptors (Lipinski definition) is 4. The number of aromatic nitrogens is 2. The molecular weight excluding hydrogens is 280 g/mol. The monoisotopic (exact) mass is 291 g/mol. The van der Waals surface area contributed by atoms with Crippen LogP contribution in [0, 0.1) is 11.6 Å². The predicted octanol–water partition coefficient (Wildman–Crippen LogP) is 3.62. The quantitative estimate of drug-likeness (QED) is 0.797. The number of fused-ring (bicyclic) bond motifs is 1. The lowest BCUT2D eigenvalue weighted by molar-refractivity contribution is 0.580. The number of anilines is 1. The van der Waals surface area contributed by atoms with Crippen LogP contribution >= 0.6 is 11.3 Å². The summed E-state index contributed by atoms with van der Waals surface area (Å²) in [4.78, 5) is 9.26. The van der Waals surface area contributed by atoms with Gasteiger partial charge in [-0.25, -0.2) is 18.7 Å². The fourth-order valence-electron chi connectivity index (χ4n) is 2.01. The van der Waals surface area contributed by atoms with Crippen molar-refractivity contribution in [2.75, 3.05) is 11.9 Å². The van der Waals surface area contributed by atoms with E-state index < -0.39 is 11.6 Å². The van der Waals surface area contributed by atoms with Crippen LogP contribution in [0.15, 0.2) is 36.0 Å². The predicted molar refractivity (Wildman–Crippen MR) is 76.0 cm³/mol. The van der Waals surface area contributed by atoms with E-state index in [0.717, 1.165) is 22.1 Å². The maximum Gasteiger partial charge on any atom is 0.138 e. The van der Waals surface area contributed by atoms with Crippen LogP contribution in [-0.2, 0) is 6.42 Å². The number of benzene rings is 1. The van der Waals surface area contributed by atoms with Gasteiger partial charge in [0.2, 0.25) is 0 Å². The van der Waals surface area contributed by atoms with Crippen LogP contribution in [0.25, 0.3) is 10.2 Å². The topological polar surface area (TPSA) is 37.8 Å². The van der Waals surface area contributed by atoms with Gasteiger partial charge in [0.05, 0.1) is 5.39 Å². The Morgan fingerprint density at radius 1 is 1.10 bits per heavy atom. The molecule has 0 saturated heterocycles. The molecule has 3 nitrogen and oxygen atoms in total. The molecule has 0 unspecified atom stereocenters.